The van der Waals surface area contributed by atoms with Crippen LogP contribution in [0.1, 0.15) is 35.4 Å². The average molecular weight is 350 g/mol. The number of ether oxygens (including phenoxy) is 1. The van der Waals surface area contributed by atoms with Crippen molar-refractivity contribution in [2.75, 3.05) is 13.7 Å². The van der Waals surface area contributed by atoms with Crippen LogP contribution in [-0.4, -0.2) is 29.4 Å². The number of methoxy groups -OCH3 is 1. The highest BCUT2D eigenvalue weighted by Gasteiger charge is 2.16. The van der Waals surface area contributed by atoms with E-state index < -0.39 is 0 Å². The number of halogens is 1. The molecule has 0 bridgehead atoms. The average Bonchev–Trinajstić information content (AvgIpc) is 2.58. The van der Waals surface area contributed by atoms with Gasteiger partial charge in [-0.15, -0.1) is 0 Å². The van der Waals surface area contributed by atoms with E-state index in [1.54, 1.807) is 13.2 Å². The molecular weight excluding hydrogens is 330 g/mol. The fourth-order valence-electron chi connectivity index (χ4n) is 2.28. The number of amides is 1. The first-order chi connectivity index (χ1) is 11.5. The van der Waals surface area contributed by atoms with E-state index in [1.807, 2.05) is 25.1 Å². The minimum Gasteiger partial charge on any atom is -0.383 e. The van der Waals surface area contributed by atoms with Gasteiger partial charge in [0.25, 0.3) is 11.5 Å². The van der Waals surface area contributed by atoms with Crippen molar-refractivity contribution < 1.29 is 9.53 Å². The SMILES string of the molecule is CC[C@@H](NC(=O)c1ccc(=O)n(CCOC)n1)c1cccc(Cl)c1. The molecule has 0 aliphatic heterocycles. The normalized spacial score (nSPS) is 12.0. The summed E-state index contributed by atoms with van der Waals surface area (Å²) in [6.45, 7) is 2.61. The van der Waals surface area contributed by atoms with Crippen LogP contribution in [0.15, 0.2) is 41.2 Å². The maximum Gasteiger partial charge on any atom is 0.272 e. The summed E-state index contributed by atoms with van der Waals surface area (Å²) in [5, 5.41) is 7.63. The van der Waals surface area contributed by atoms with Crippen molar-refractivity contribution >= 4 is 17.5 Å². The van der Waals surface area contributed by atoms with Crippen LogP contribution in [0.2, 0.25) is 5.02 Å². The highest BCUT2D eigenvalue weighted by Crippen LogP contribution is 2.20. The Balaban J connectivity index is 2.17. The highest BCUT2D eigenvalue weighted by molar-refractivity contribution is 6.30. The number of nitrogens with one attached hydrogen (secondary N) is 1. The first-order valence-electron chi connectivity index (χ1n) is 7.68. The van der Waals surface area contributed by atoms with Gasteiger partial charge in [0.05, 0.1) is 19.2 Å². The van der Waals surface area contributed by atoms with Crippen molar-refractivity contribution in [2.24, 2.45) is 0 Å². The third kappa shape index (κ3) is 4.66. The van der Waals surface area contributed by atoms with Crippen molar-refractivity contribution in [1.82, 2.24) is 15.1 Å². The first kappa shape index (κ1) is 18.2. The molecule has 0 radical (unpaired) electrons. The van der Waals surface area contributed by atoms with Gasteiger partial charge in [-0.05, 0) is 30.2 Å². The topological polar surface area (TPSA) is 73.2 Å². The van der Waals surface area contributed by atoms with Gasteiger partial charge in [-0.25, -0.2) is 4.68 Å². The number of aromatic nitrogens is 2. The van der Waals surface area contributed by atoms with E-state index in [1.165, 1.54) is 16.8 Å². The van der Waals surface area contributed by atoms with E-state index in [2.05, 4.69) is 10.4 Å². The molecule has 1 aromatic carbocycles. The Morgan fingerprint density at radius 1 is 1.38 bits per heavy atom. The monoisotopic (exact) mass is 349 g/mol. The zero-order valence-electron chi connectivity index (χ0n) is 13.7. The predicted octanol–water partition coefficient (Wildman–Crippen LogP) is 2.42. The van der Waals surface area contributed by atoms with E-state index in [9.17, 15) is 9.59 Å². The lowest BCUT2D eigenvalue weighted by Crippen LogP contribution is -2.32. The molecule has 1 heterocycles. The molecule has 0 fully saturated rings. The van der Waals surface area contributed by atoms with Gasteiger partial charge >= 0.3 is 0 Å². The third-order valence-electron chi connectivity index (χ3n) is 3.57. The van der Waals surface area contributed by atoms with Crippen LogP contribution in [0, 0.1) is 0 Å². The largest absolute Gasteiger partial charge is 0.383 e. The lowest BCUT2D eigenvalue weighted by Gasteiger charge is -2.17. The highest BCUT2D eigenvalue weighted by atomic mass is 35.5. The molecule has 6 nitrogen and oxygen atoms in total. The maximum atomic E-state index is 12.5. The molecule has 1 amide bonds. The minimum absolute atomic E-state index is 0.183. The molecule has 2 aromatic rings. The Labute approximate surface area is 145 Å². The van der Waals surface area contributed by atoms with E-state index >= 15 is 0 Å². The molecule has 2 rings (SSSR count). The van der Waals surface area contributed by atoms with E-state index in [0.29, 0.717) is 24.6 Å². The van der Waals surface area contributed by atoms with Crippen LogP contribution in [0.5, 0.6) is 0 Å². The summed E-state index contributed by atoms with van der Waals surface area (Å²) in [5.41, 5.74) is 0.836. The Morgan fingerprint density at radius 2 is 2.17 bits per heavy atom. The summed E-state index contributed by atoms with van der Waals surface area (Å²) in [7, 11) is 1.54. The molecule has 128 valence electrons. The lowest BCUT2D eigenvalue weighted by molar-refractivity contribution is 0.0926. The second-order valence-electron chi connectivity index (χ2n) is 5.26. The summed E-state index contributed by atoms with van der Waals surface area (Å²) in [6.07, 6.45) is 0.704. The number of nitrogens with zero attached hydrogens (tertiary/aromatic N) is 2. The van der Waals surface area contributed by atoms with E-state index in [-0.39, 0.29) is 23.2 Å². The Bertz CT molecular complexity index is 761. The molecule has 7 heteroatoms. The Kier molecular flexibility index (Phi) is 6.52. The molecule has 0 spiro atoms. The number of hydrogen-bond donors (Lipinski definition) is 1. The smallest absolute Gasteiger partial charge is 0.272 e. The summed E-state index contributed by atoms with van der Waals surface area (Å²) in [4.78, 5) is 24.2. The first-order valence-corrected chi connectivity index (χ1v) is 8.06. The predicted molar refractivity (Wildman–Crippen MR) is 92.3 cm³/mol. The number of rotatable bonds is 7. The van der Waals surface area contributed by atoms with Crippen molar-refractivity contribution in [3.63, 3.8) is 0 Å². The van der Waals surface area contributed by atoms with Crippen LogP contribution < -0.4 is 10.9 Å². The van der Waals surface area contributed by atoms with Crippen molar-refractivity contribution in [3.05, 3.63) is 63.0 Å². The van der Waals surface area contributed by atoms with E-state index in [0.717, 1.165) is 5.56 Å². The molecule has 0 aliphatic carbocycles. The maximum absolute atomic E-state index is 12.5. The van der Waals surface area contributed by atoms with Crippen LogP contribution in [-0.2, 0) is 11.3 Å². The van der Waals surface area contributed by atoms with Crippen molar-refractivity contribution in [1.29, 1.82) is 0 Å². The van der Waals surface area contributed by atoms with Gasteiger partial charge in [0.15, 0.2) is 0 Å². The zero-order valence-corrected chi connectivity index (χ0v) is 14.4. The summed E-state index contributed by atoms with van der Waals surface area (Å²) >= 11 is 6.01. The minimum atomic E-state index is -0.340. The molecular formula is C17H20ClN3O3. The Morgan fingerprint density at radius 3 is 2.83 bits per heavy atom. The standard InChI is InChI=1S/C17H20ClN3O3/c1-3-14(12-5-4-6-13(18)11-12)19-17(23)15-7-8-16(22)21(20-15)9-10-24-2/h4-8,11,14H,3,9-10H2,1-2H3,(H,19,23)/t14-/m1/s1. The van der Waals surface area contributed by atoms with Crippen molar-refractivity contribution in [3.8, 4) is 0 Å². The van der Waals surface area contributed by atoms with Gasteiger partial charge in [0.2, 0.25) is 0 Å². The molecule has 0 aliphatic rings. The van der Waals surface area contributed by atoms with Gasteiger partial charge in [-0.1, -0.05) is 30.7 Å². The lowest BCUT2D eigenvalue weighted by atomic mass is 10.0. The third-order valence-corrected chi connectivity index (χ3v) is 3.81. The molecule has 0 saturated carbocycles. The van der Waals surface area contributed by atoms with Gasteiger partial charge in [-0.3, -0.25) is 9.59 Å². The van der Waals surface area contributed by atoms with Crippen LogP contribution in [0.25, 0.3) is 0 Å². The fourth-order valence-corrected chi connectivity index (χ4v) is 2.48. The van der Waals surface area contributed by atoms with Gasteiger partial charge in [0, 0.05) is 18.2 Å². The fraction of sp³-hybridized carbons (Fsp3) is 0.353. The van der Waals surface area contributed by atoms with Crippen molar-refractivity contribution in [2.45, 2.75) is 25.9 Å². The summed E-state index contributed by atoms with van der Waals surface area (Å²) in [5.74, 6) is -0.340. The number of benzene rings is 1. The Hall–Kier alpha value is -2.18. The van der Waals surface area contributed by atoms with Crippen LogP contribution in [0.3, 0.4) is 0 Å². The van der Waals surface area contributed by atoms with E-state index in [4.69, 9.17) is 16.3 Å². The zero-order chi connectivity index (χ0) is 17.5. The quantitative estimate of drug-likeness (QED) is 0.833. The van der Waals surface area contributed by atoms with Crippen LogP contribution in [0.4, 0.5) is 0 Å². The summed E-state index contributed by atoms with van der Waals surface area (Å²) in [6, 6.07) is 9.93. The number of carbonyl (C=O) groups excluding carboxylic acids is 1. The molecule has 1 N–H and O–H groups in total. The second-order valence-corrected chi connectivity index (χ2v) is 5.70. The second kappa shape index (κ2) is 8.61. The van der Waals surface area contributed by atoms with Gasteiger partial charge < -0.3 is 10.1 Å². The van der Waals surface area contributed by atoms with Gasteiger partial charge in [0.1, 0.15) is 5.69 Å². The van der Waals surface area contributed by atoms with Gasteiger partial charge in [-0.2, -0.15) is 5.10 Å². The molecule has 0 unspecified atom stereocenters. The molecule has 1 atom stereocenters. The summed E-state index contributed by atoms with van der Waals surface area (Å²) < 4.78 is 6.16. The molecule has 0 saturated heterocycles. The number of hydrogen-bond acceptors (Lipinski definition) is 4. The van der Waals surface area contributed by atoms with Crippen LogP contribution >= 0.6 is 11.6 Å². The molecule has 1 aromatic heterocycles. The molecule has 24 heavy (non-hydrogen) atoms. The number of carbonyl (C=O) groups is 1.